The van der Waals surface area contributed by atoms with Gasteiger partial charge >= 0.3 is 5.97 Å². The number of anilines is 1. The molecule has 0 saturated carbocycles. The zero-order valence-corrected chi connectivity index (χ0v) is 18.6. The molecule has 1 aromatic carbocycles. The van der Waals surface area contributed by atoms with E-state index in [0.717, 1.165) is 31.4 Å². The van der Waals surface area contributed by atoms with Crippen LogP contribution >= 0.6 is 10.8 Å². The van der Waals surface area contributed by atoms with Crippen molar-refractivity contribution in [3.05, 3.63) is 29.8 Å². The van der Waals surface area contributed by atoms with E-state index >= 15 is 0 Å². The fraction of sp³-hybridized carbons (Fsp3) is 0.650. The van der Waals surface area contributed by atoms with Crippen LogP contribution in [0, 0.1) is 11.6 Å². The predicted octanol–water partition coefficient (Wildman–Crippen LogP) is 5.82. The fourth-order valence-electron chi connectivity index (χ4n) is 2.68. The van der Waals surface area contributed by atoms with E-state index < -0.39 is 32.4 Å². The van der Waals surface area contributed by atoms with E-state index in [1.807, 2.05) is 4.72 Å². The maximum atomic E-state index is 13.5. The third kappa shape index (κ3) is 12.7. The van der Waals surface area contributed by atoms with Crippen LogP contribution in [0.3, 0.4) is 0 Å². The molecule has 9 heteroatoms. The maximum absolute atomic E-state index is 13.5. The van der Waals surface area contributed by atoms with Gasteiger partial charge in [-0.2, -0.15) is 8.42 Å². The van der Waals surface area contributed by atoms with Gasteiger partial charge in [-0.3, -0.25) is 9.52 Å². The normalized spacial score (nSPS) is 11.4. The second kappa shape index (κ2) is 14.6. The van der Waals surface area contributed by atoms with E-state index in [-0.39, 0.29) is 12.3 Å². The Morgan fingerprint density at radius 1 is 1.00 bits per heavy atom. The van der Waals surface area contributed by atoms with Crippen LogP contribution in [-0.4, -0.2) is 26.7 Å². The molecular formula is C20H31F2NO4S2. The summed E-state index contributed by atoms with van der Waals surface area (Å²) in [6.07, 6.45) is 11.7. The molecule has 0 radical (unpaired) electrons. The summed E-state index contributed by atoms with van der Waals surface area (Å²) in [6, 6.07) is 2.49. The lowest BCUT2D eigenvalue weighted by Crippen LogP contribution is -2.15. The zero-order valence-electron chi connectivity index (χ0n) is 16.9. The Hall–Kier alpha value is -1.35. The first-order valence-corrected chi connectivity index (χ1v) is 13.1. The molecule has 0 amide bonds. The van der Waals surface area contributed by atoms with Gasteiger partial charge in [-0.05, 0) is 18.6 Å². The molecule has 0 atom stereocenters. The number of ether oxygens (including phenoxy) is 1. The van der Waals surface area contributed by atoms with Crippen molar-refractivity contribution >= 4 is 31.5 Å². The molecule has 1 aromatic rings. The molecule has 0 aliphatic rings. The Kier molecular flexibility index (Phi) is 12.9. The monoisotopic (exact) mass is 451 g/mol. The van der Waals surface area contributed by atoms with Crippen LogP contribution in [0.1, 0.15) is 71.1 Å². The second-order valence-electron chi connectivity index (χ2n) is 6.84. The summed E-state index contributed by atoms with van der Waals surface area (Å²) in [5.74, 6) is -2.89. The standard InChI is InChI=1S/C20H31F2NO4S2/c1-2-3-4-5-6-7-8-9-10-11-14-27-20(24)16-28-29(25,26)23-19-13-12-17(21)15-18(19)22/h12-13,15,23H,2-11,14,16H2,1H3. The number of carbonyl (C=O) groups is 1. The molecule has 0 fully saturated rings. The van der Waals surface area contributed by atoms with Crippen molar-refractivity contribution in [2.45, 2.75) is 71.1 Å². The highest BCUT2D eigenvalue weighted by Crippen LogP contribution is 2.21. The first-order chi connectivity index (χ1) is 13.8. The number of carbonyl (C=O) groups excluding carboxylic acids is 1. The Morgan fingerprint density at radius 2 is 1.59 bits per heavy atom. The molecule has 0 aromatic heterocycles. The van der Waals surface area contributed by atoms with E-state index in [9.17, 15) is 22.0 Å². The van der Waals surface area contributed by atoms with Gasteiger partial charge in [-0.15, -0.1) is 0 Å². The number of halogens is 2. The number of benzene rings is 1. The lowest BCUT2D eigenvalue weighted by atomic mass is 10.1. The van der Waals surface area contributed by atoms with E-state index in [1.54, 1.807) is 0 Å². The molecule has 1 N–H and O–H groups in total. The van der Waals surface area contributed by atoms with Crippen molar-refractivity contribution in [3.63, 3.8) is 0 Å². The Morgan fingerprint density at radius 3 is 2.17 bits per heavy atom. The molecule has 5 nitrogen and oxygen atoms in total. The van der Waals surface area contributed by atoms with Gasteiger partial charge in [0, 0.05) is 16.9 Å². The summed E-state index contributed by atoms with van der Waals surface area (Å²) in [4.78, 5) is 11.7. The van der Waals surface area contributed by atoms with Crippen molar-refractivity contribution in [2.75, 3.05) is 17.1 Å². The van der Waals surface area contributed by atoms with Gasteiger partial charge in [-0.1, -0.05) is 64.7 Å². The minimum atomic E-state index is -4.02. The highest BCUT2D eigenvalue weighted by atomic mass is 33.1. The van der Waals surface area contributed by atoms with Crippen LogP contribution in [0.15, 0.2) is 18.2 Å². The van der Waals surface area contributed by atoms with Crippen molar-refractivity contribution < 1.29 is 26.7 Å². The van der Waals surface area contributed by atoms with Gasteiger partial charge in [0.05, 0.1) is 12.3 Å². The average molecular weight is 452 g/mol. The molecule has 0 aliphatic heterocycles. The van der Waals surface area contributed by atoms with Crippen LogP contribution in [-0.2, 0) is 18.6 Å². The predicted molar refractivity (Wildman–Crippen MR) is 114 cm³/mol. The third-order valence-electron chi connectivity index (χ3n) is 4.26. The highest BCUT2D eigenvalue weighted by molar-refractivity contribution is 8.72. The quantitative estimate of drug-likeness (QED) is 0.195. The molecule has 166 valence electrons. The van der Waals surface area contributed by atoms with Crippen molar-refractivity contribution in [1.29, 1.82) is 0 Å². The van der Waals surface area contributed by atoms with Gasteiger partial charge in [0.2, 0.25) is 0 Å². The smallest absolute Gasteiger partial charge is 0.317 e. The summed E-state index contributed by atoms with van der Waals surface area (Å²) >= 11 is 0. The fourth-order valence-corrected chi connectivity index (χ4v) is 4.71. The van der Waals surface area contributed by atoms with Crippen LogP contribution < -0.4 is 4.72 Å². The summed E-state index contributed by atoms with van der Waals surface area (Å²) in [5, 5.41) is 0. The molecule has 29 heavy (non-hydrogen) atoms. The number of hydrogen-bond donors (Lipinski definition) is 1. The number of hydrogen-bond acceptors (Lipinski definition) is 5. The lowest BCUT2D eigenvalue weighted by Gasteiger charge is -2.08. The Labute approximate surface area is 176 Å². The largest absolute Gasteiger partial charge is 0.465 e. The zero-order chi connectivity index (χ0) is 21.5. The molecule has 0 saturated heterocycles. The van der Waals surface area contributed by atoms with Crippen LogP contribution in [0.5, 0.6) is 0 Å². The Balaban J connectivity index is 2.09. The van der Waals surface area contributed by atoms with E-state index in [0.29, 0.717) is 16.9 Å². The van der Waals surface area contributed by atoms with Crippen molar-refractivity contribution in [1.82, 2.24) is 0 Å². The molecule has 1 rings (SSSR count). The topological polar surface area (TPSA) is 72.5 Å². The van der Waals surface area contributed by atoms with E-state index in [1.165, 1.54) is 44.9 Å². The van der Waals surface area contributed by atoms with Gasteiger partial charge in [0.25, 0.3) is 9.06 Å². The number of nitrogens with one attached hydrogen (secondary N) is 1. The van der Waals surface area contributed by atoms with Gasteiger partial charge in [0.1, 0.15) is 17.4 Å². The number of rotatable bonds is 16. The van der Waals surface area contributed by atoms with Crippen LogP contribution in [0.4, 0.5) is 14.5 Å². The number of esters is 1. The van der Waals surface area contributed by atoms with Crippen LogP contribution in [0.25, 0.3) is 0 Å². The highest BCUT2D eigenvalue weighted by Gasteiger charge is 2.17. The molecular weight excluding hydrogens is 420 g/mol. The van der Waals surface area contributed by atoms with Gasteiger partial charge < -0.3 is 4.74 Å². The van der Waals surface area contributed by atoms with Gasteiger partial charge in [0.15, 0.2) is 0 Å². The lowest BCUT2D eigenvalue weighted by molar-refractivity contribution is -0.140. The van der Waals surface area contributed by atoms with E-state index in [2.05, 4.69) is 6.92 Å². The maximum Gasteiger partial charge on any atom is 0.317 e. The summed E-state index contributed by atoms with van der Waals surface area (Å²) in [6.45, 7) is 2.46. The first kappa shape index (κ1) is 25.7. The van der Waals surface area contributed by atoms with Crippen molar-refractivity contribution in [3.8, 4) is 0 Å². The molecule has 0 aliphatic carbocycles. The summed E-state index contributed by atoms with van der Waals surface area (Å²) in [5.41, 5.74) is -0.377. The molecule has 0 heterocycles. The summed E-state index contributed by atoms with van der Waals surface area (Å²) in [7, 11) is -3.71. The average Bonchev–Trinajstić information content (AvgIpc) is 2.67. The molecule has 0 spiro atoms. The SMILES string of the molecule is CCCCCCCCCCCCOC(=O)CSS(=O)(=O)Nc1ccc(F)cc1F. The second-order valence-corrected chi connectivity index (χ2v) is 10.5. The molecule has 0 bridgehead atoms. The van der Waals surface area contributed by atoms with Gasteiger partial charge in [-0.25, -0.2) is 8.78 Å². The number of unbranched alkanes of at least 4 members (excludes halogenated alkanes) is 9. The minimum absolute atomic E-state index is 0.260. The van der Waals surface area contributed by atoms with E-state index in [4.69, 9.17) is 4.74 Å². The third-order valence-corrected chi connectivity index (χ3v) is 6.93. The molecule has 0 unspecified atom stereocenters. The van der Waals surface area contributed by atoms with Crippen LogP contribution in [0.2, 0.25) is 0 Å². The minimum Gasteiger partial charge on any atom is -0.465 e. The Bertz CT molecular complexity index is 714. The first-order valence-electron chi connectivity index (χ1n) is 10.1. The van der Waals surface area contributed by atoms with Crippen molar-refractivity contribution in [2.24, 2.45) is 0 Å². The summed E-state index contributed by atoms with van der Waals surface area (Å²) < 4.78 is 57.1.